The molecule has 0 radical (unpaired) electrons. The molecule has 0 bridgehead atoms. The third kappa shape index (κ3) is 6.73. The van der Waals surface area contributed by atoms with Crippen molar-refractivity contribution >= 4 is 11.9 Å². The van der Waals surface area contributed by atoms with Crippen LogP contribution in [0.1, 0.15) is 49.0 Å². The third-order valence-corrected chi connectivity index (χ3v) is 6.55. The largest absolute Gasteiger partial charge is 0.497 e. The Morgan fingerprint density at radius 2 is 1.97 bits per heavy atom. The van der Waals surface area contributed by atoms with Gasteiger partial charge in [0.15, 0.2) is 5.82 Å². The molecule has 1 saturated heterocycles. The van der Waals surface area contributed by atoms with Gasteiger partial charge >= 0.3 is 0 Å². The van der Waals surface area contributed by atoms with E-state index in [1.54, 1.807) is 37.4 Å². The number of hydrogen-bond acceptors (Lipinski definition) is 8. The summed E-state index contributed by atoms with van der Waals surface area (Å²) >= 11 is 0. The molecule has 0 aliphatic carbocycles. The van der Waals surface area contributed by atoms with Crippen LogP contribution in [0.15, 0.2) is 48.8 Å². The summed E-state index contributed by atoms with van der Waals surface area (Å²) in [6.45, 7) is 6.21. The molecule has 1 N–H and O–H groups in total. The van der Waals surface area contributed by atoms with E-state index in [0.29, 0.717) is 46.9 Å². The van der Waals surface area contributed by atoms with E-state index >= 15 is 0 Å². The number of benzene rings is 2. The molecule has 1 atom stereocenters. The Balaban J connectivity index is 1.33. The minimum Gasteiger partial charge on any atom is -0.497 e. The van der Waals surface area contributed by atoms with Crippen LogP contribution in [0.25, 0.3) is 11.4 Å². The topological polar surface area (TPSA) is 113 Å². The van der Waals surface area contributed by atoms with E-state index in [4.69, 9.17) is 14.7 Å². The molecule has 2 aromatic carbocycles. The lowest BCUT2D eigenvalue weighted by atomic mass is 9.97. The Morgan fingerprint density at radius 1 is 1.19 bits per heavy atom. The molecule has 1 aromatic heterocycles. The summed E-state index contributed by atoms with van der Waals surface area (Å²) in [5, 5.41) is 12.2. The van der Waals surface area contributed by atoms with Crippen molar-refractivity contribution in [3.8, 4) is 29.0 Å². The van der Waals surface area contributed by atoms with Gasteiger partial charge in [0.25, 0.3) is 5.91 Å². The molecule has 1 aliphatic heterocycles. The molecular weight excluding hydrogens is 468 g/mol. The van der Waals surface area contributed by atoms with Gasteiger partial charge < -0.3 is 19.7 Å². The maximum absolute atomic E-state index is 12.9. The van der Waals surface area contributed by atoms with Crippen LogP contribution in [0.5, 0.6) is 11.5 Å². The number of rotatable bonds is 9. The maximum Gasteiger partial charge on any atom is 0.251 e. The Hall–Kier alpha value is -4.19. The molecule has 1 aliphatic rings. The summed E-state index contributed by atoms with van der Waals surface area (Å²) in [4.78, 5) is 28.3. The van der Waals surface area contributed by atoms with Crippen LogP contribution in [0, 0.1) is 17.2 Å². The summed E-state index contributed by atoms with van der Waals surface area (Å²) < 4.78 is 11.3. The number of piperidine rings is 1. The molecule has 0 spiro atoms. The van der Waals surface area contributed by atoms with Crippen molar-refractivity contribution in [1.82, 2.24) is 20.3 Å². The van der Waals surface area contributed by atoms with Crippen molar-refractivity contribution in [2.45, 2.75) is 39.2 Å². The predicted molar refractivity (Wildman–Crippen MR) is 141 cm³/mol. The zero-order valence-electron chi connectivity index (χ0n) is 21.5. The van der Waals surface area contributed by atoms with Crippen LogP contribution in [0.3, 0.4) is 0 Å². The second-order valence-corrected chi connectivity index (χ2v) is 9.18. The van der Waals surface area contributed by atoms with Gasteiger partial charge in [-0.2, -0.15) is 10.2 Å². The summed E-state index contributed by atoms with van der Waals surface area (Å²) in [6, 6.07) is 14.7. The van der Waals surface area contributed by atoms with E-state index in [1.165, 1.54) is 6.33 Å². The first kappa shape index (κ1) is 25.9. The smallest absolute Gasteiger partial charge is 0.251 e. The molecule has 192 valence electrons. The lowest BCUT2D eigenvalue weighted by molar-refractivity contribution is 0.0943. The standard InChI is InChI=1S/C28H32N6O3/c1-4-19(2)37-25-14-23(13-24(15-25)36-3)27(35)30-17-20-8-10-34(11-9-20)28-32-18-31-26(33-28)22-7-5-6-21(12-22)16-29/h5-7,12-15,18-20H,4,8-11,17H2,1-3H3,(H,30,35). The fraction of sp³-hybridized carbons (Fsp3) is 0.393. The Labute approximate surface area is 217 Å². The second kappa shape index (κ2) is 12.2. The maximum atomic E-state index is 12.9. The average molecular weight is 501 g/mol. The molecule has 0 saturated carbocycles. The number of nitrogens with zero attached hydrogens (tertiary/aromatic N) is 5. The molecule has 1 unspecified atom stereocenters. The number of nitrogens with one attached hydrogen (secondary N) is 1. The van der Waals surface area contributed by atoms with Gasteiger partial charge in [0.05, 0.1) is 24.8 Å². The third-order valence-electron chi connectivity index (χ3n) is 6.55. The van der Waals surface area contributed by atoms with Crippen LogP contribution >= 0.6 is 0 Å². The minimum absolute atomic E-state index is 0.0522. The van der Waals surface area contributed by atoms with Crippen molar-refractivity contribution in [3.63, 3.8) is 0 Å². The highest BCUT2D eigenvalue weighted by molar-refractivity contribution is 5.95. The Kier molecular flexibility index (Phi) is 8.52. The van der Waals surface area contributed by atoms with Crippen LogP contribution in [-0.4, -0.2) is 53.7 Å². The molecule has 1 amide bonds. The fourth-order valence-electron chi connectivity index (χ4n) is 4.19. The molecule has 9 heteroatoms. The number of nitriles is 1. The number of carbonyl (C=O) groups excluding carboxylic acids is 1. The molecule has 9 nitrogen and oxygen atoms in total. The normalized spacial score (nSPS) is 14.5. The van der Waals surface area contributed by atoms with E-state index in [2.05, 4.69) is 38.2 Å². The highest BCUT2D eigenvalue weighted by Gasteiger charge is 2.22. The SMILES string of the molecule is CCC(C)Oc1cc(OC)cc(C(=O)NCC2CCN(c3ncnc(-c4cccc(C#N)c4)n3)CC2)c1. The summed E-state index contributed by atoms with van der Waals surface area (Å²) in [6.07, 6.45) is 4.25. The van der Waals surface area contributed by atoms with E-state index in [1.807, 2.05) is 19.1 Å². The zero-order chi connectivity index (χ0) is 26.2. The average Bonchev–Trinajstić information content (AvgIpc) is 2.96. The van der Waals surface area contributed by atoms with E-state index in [0.717, 1.165) is 37.9 Å². The molecular formula is C28H32N6O3. The van der Waals surface area contributed by atoms with E-state index in [9.17, 15) is 4.79 Å². The minimum atomic E-state index is -0.142. The number of amides is 1. The molecule has 1 fully saturated rings. The van der Waals surface area contributed by atoms with Gasteiger partial charge in [-0.25, -0.2) is 9.97 Å². The fourth-order valence-corrected chi connectivity index (χ4v) is 4.19. The number of aromatic nitrogens is 3. The Bertz CT molecular complexity index is 1270. The lowest BCUT2D eigenvalue weighted by Gasteiger charge is -2.32. The first-order valence-electron chi connectivity index (χ1n) is 12.6. The number of carbonyl (C=O) groups is 1. The first-order chi connectivity index (χ1) is 18.0. The monoisotopic (exact) mass is 500 g/mol. The molecule has 3 aromatic rings. The molecule has 2 heterocycles. The van der Waals surface area contributed by atoms with Crippen molar-refractivity contribution < 1.29 is 14.3 Å². The molecule has 4 rings (SSSR count). The first-order valence-corrected chi connectivity index (χ1v) is 12.6. The van der Waals surface area contributed by atoms with Gasteiger partial charge in [-0.15, -0.1) is 0 Å². The highest BCUT2D eigenvalue weighted by Crippen LogP contribution is 2.25. The number of methoxy groups -OCH3 is 1. The number of hydrogen-bond donors (Lipinski definition) is 1. The Morgan fingerprint density at radius 3 is 2.70 bits per heavy atom. The van der Waals surface area contributed by atoms with Crippen molar-refractivity contribution in [2.24, 2.45) is 5.92 Å². The number of anilines is 1. The zero-order valence-corrected chi connectivity index (χ0v) is 21.5. The van der Waals surface area contributed by atoms with Crippen LogP contribution < -0.4 is 19.7 Å². The van der Waals surface area contributed by atoms with Crippen molar-refractivity contribution in [2.75, 3.05) is 31.6 Å². The van der Waals surface area contributed by atoms with E-state index < -0.39 is 0 Å². The highest BCUT2D eigenvalue weighted by atomic mass is 16.5. The molecule has 37 heavy (non-hydrogen) atoms. The second-order valence-electron chi connectivity index (χ2n) is 9.18. The van der Waals surface area contributed by atoms with Crippen LogP contribution in [0.2, 0.25) is 0 Å². The van der Waals surface area contributed by atoms with E-state index in [-0.39, 0.29) is 12.0 Å². The summed E-state index contributed by atoms with van der Waals surface area (Å²) in [5.74, 6) is 2.61. The van der Waals surface area contributed by atoms with Crippen LogP contribution in [0.4, 0.5) is 5.95 Å². The van der Waals surface area contributed by atoms with Gasteiger partial charge in [0, 0.05) is 36.8 Å². The van der Waals surface area contributed by atoms with Gasteiger partial charge in [0.2, 0.25) is 5.95 Å². The van der Waals surface area contributed by atoms with Gasteiger partial charge in [-0.05, 0) is 56.4 Å². The quantitative estimate of drug-likeness (QED) is 0.464. The summed E-state index contributed by atoms with van der Waals surface area (Å²) in [7, 11) is 1.58. The van der Waals surface area contributed by atoms with Crippen molar-refractivity contribution in [1.29, 1.82) is 5.26 Å². The van der Waals surface area contributed by atoms with Gasteiger partial charge in [-0.3, -0.25) is 4.79 Å². The summed E-state index contributed by atoms with van der Waals surface area (Å²) in [5.41, 5.74) is 1.87. The lowest BCUT2D eigenvalue weighted by Crippen LogP contribution is -2.39. The van der Waals surface area contributed by atoms with Crippen molar-refractivity contribution in [3.05, 3.63) is 59.9 Å². The van der Waals surface area contributed by atoms with Gasteiger partial charge in [0.1, 0.15) is 17.8 Å². The van der Waals surface area contributed by atoms with Crippen LogP contribution in [-0.2, 0) is 0 Å². The number of ether oxygens (including phenoxy) is 2. The van der Waals surface area contributed by atoms with Gasteiger partial charge in [-0.1, -0.05) is 19.1 Å². The predicted octanol–water partition coefficient (Wildman–Crippen LogP) is 4.24.